The average molecular weight is 396 g/mol. The molecule has 8 heteroatoms. The Morgan fingerprint density at radius 3 is 2.39 bits per heavy atom. The molecule has 0 atom stereocenters. The highest BCUT2D eigenvalue weighted by molar-refractivity contribution is 8.18. The number of carbonyl (C=O) groups excluding carboxylic acids is 4. The highest BCUT2D eigenvalue weighted by atomic mass is 32.2. The summed E-state index contributed by atoms with van der Waals surface area (Å²) in [6.45, 7) is 0.945. The highest BCUT2D eigenvalue weighted by Gasteiger charge is 2.36. The van der Waals surface area contributed by atoms with Crippen LogP contribution in [0.25, 0.3) is 6.08 Å². The molecule has 1 heterocycles. The predicted molar refractivity (Wildman–Crippen MR) is 105 cm³/mol. The molecule has 1 aliphatic heterocycles. The average Bonchev–Trinajstić information content (AvgIpc) is 2.91. The van der Waals surface area contributed by atoms with Crippen LogP contribution in [0, 0.1) is 0 Å². The highest BCUT2D eigenvalue weighted by Crippen LogP contribution is 2.32. The number of anilines is 1. The lowest BCUT2D eigenvalue weighted by Crippen LogP contribution is -2.36. The van der Waals surface area contributed by atoms with Gasteiger partial charge in [0.15, 0.2) is 0 Å². The molecule has 0 saturated carbocycles. The van der Waals surface area contributed by atoms with E-state index in [2.05, 4.69) is 5.32 Å². The van der Waals surface area contributed by atoms with E-state index in [1.807, 2.05) is 6.07 Å². The van der Waals surface area contributed by atoms with Crippen LogP contribution in [0.5, 0.6) is 5.75 Å². The molecular weight excluding hydrogens is 380 g/mol. The third-order valence-electron chi connectivity index (χ3n) is 3.67. The zero-order chi connectivity index (χ0) is 20.1. The molecule has 2 aromatic rings. The molecule has 0 unspecified atom stereocenters. The second kappa shape index (κ2) is 8.53. The Kier molecular flexibility index (Phi) is 5.90. The smallest absolute Gasteiger partial charge is 0.308 e. The van der Waals surface area contributed by atoms with Gasteiger partial charge in [-0.3, -0.25) is 24.1 Å². The van der Waals surface area contributed by atoms with Crippen molar-refractivity contribution in [2.24, 2.45) is 0 Å². The van der Waals surface area contributed by atoms with Crippen molar-refractivity contribution in [1.82, 2.24) is 4.90 Å². The zero-order valence-electron chi connectivity index (χ0n) is 14.9. The van der Waals surface area contributed by atoms with Crippen molar-refractivity contribution >= 4 is 46.5 Å². The van der Waals surface area contributed by atoms with Gasteiger partial charge in [-0.25, -0.2) is 0 Å². The summed E-state index contributed by atoms with van der Waals surface area (Å²) in [5.74, 6) is -1.03. The molecule has 0 bridgehead atoms. The topological polar surface area (TPSA) is 92.8 Å². The first-order valence-corrected chi connectivity index (χ1v) is 9.13. The van der Waals surface area contributed by atoms with Gasteiger partial charge in [-0.2, -0.15) is 0 Å². The van der Waals surface area contributed by atoms with Crippen LogP contribution in [0.4, 0.5) is 10.5 Å². The van der Waals surface area contributed by atoms with Crippen LogP contribution in [0.15, 0.2) is 59.5 Å². The second-order valence-corrected chi connectivity index (χ2v) is 6.84. The maximum Gasteiger partial charge on any atom is 0.308 e. The van der Waals surface area contributed by atoms with Crippen molar-refractivity contribution < 1.29 is 23.9 Å². The largest absolute Gasteiger partial charge is 0.427 e. The fourth-order valence-corrected chi connectivity index (χ4v) is 3.29. The maximum absolute atomic E-state index is 12.5. The quantitative estimate of drug-likeness (QED) is 0.474. The zero-order valence-corrected chi connectivity index (χ0v) is 15.7. The molecule has 1 aliphatic rings. The number of imide groups is 1. The van der Waals surface area contributed by atoms with Gasteiger partial charge in [0.1, 0.15) is 12.3 Å². The Labute approximate surface area is 165 Å². The molecule has 142 valence electrons. The molecule has 1 fully saturated rings. The van der Waals surface area contributed by atoms with E-state index < -0.39 is 23.0 Å². The first kappa shape index (κ1) is 19.4. The van der Waals surface area contributed by atoms with Gasteiger partial charge in [-0.1, -0.05) is 30.3 Å². The minimum absolute atomic E-state index is 0.220. The lowest BCUT2D eigenvalue weighted by molar-refractivity contribution is -0.131. The Balaban J connectivity index is 1.66. The molecule has 2 aromatic carbocycles. The third kappa shape index (κ3) is 4.86. The number of thioether (sulfide) groups is 1. The van der Waals surface area contributed by atoms with Gasteiger partial charge in [-0.15, -0.1) is 0 Å². The number of hydrogen-bond donors (Lipinski definition) is 1. The van der Waals surface area contributed by atoms with Crippen LogP contribution >= 0.6 is 11.8 Å². The standard InChI is InChI=1S/C20H16N2O5S/c1-13(23)27-16-9-7-14(8-10-16)11-17-19(25)22(20(26)28-17)12-18(24)21-15-5-3-2-4-6-15/h2-11H,12H2,1H3,(H,21,24)/b17-11-. The van der Waals surface area contributed by atoms with Crippen LogP contribution in [0.3, 0.4) is 0 Å². The summed E-state index contributed by atoms with van der Waals surface area (Å²) in [5.41, 5.74) is 1.25. The first-order chi connectivity index (χ1) is 13.4. The van der Waals surface area contributed by atoms with Gasteiger partial charge in [0.05, 0.1) is 4.91 Å². The second-order valence-electron chi connectivity index (χ2n) is 5.84. The molecule has 0 aromatic heterocycles. The lowest BCUT2D eigenvalue weighted by atomic mass is 10.2. The fourth-order valence-electron chi connectivity index (χ4n) is 2.45. The van der Waals surface area contributed by atoms with Crippen molar-refractivity contribution in [3.8, 4) is 5.75 Å². The fraction of sp³-hybridized carbons (Fsp3) is 0.100. The van der Waals surface area contributed by atoms with E-state index >= 15 is 0 Å². The molecule has 0 aliphatic carbocycles. The van der Waals surface area contributed by atoms with Gasteiger partial charge in [0, 0.05) is 12.6 Å². The number of nitrogens with one attached hydrogen (secondary N) is 1. The van der Waals surface area contributed by atoms with E-state index in [4.69, 9.17) is 4.74 Å². The summed E-state index contributed by atoms with van der Waals surface area (Å²) in [6, 6.07) is 15.3. The van der Waals surface area contributed by atoms with E-state index in [0.29, 0.717) is 17.0 Å². The van der Waals surface area contributed by atoms with Crippen molar-refractivity contribution in [3.63, 3.8) is 0 Å². The van der Waals surface area contributed by atoms with Gasteiger partial charge < -0.3 is 10.1 Å². The number of carbonyl (C=O) groups is 4. The van der Waals surface area contributed by atoms with Crippen LogP contribution in [-0.2, 0) is 14.4 Å². The Bertz CT molecular complexity index is 954. The lowest BCUT2D eigenvalue weighted by Gasteiger charge is -2.12. The monoisotopic (exact) mass is 396 g/mol. The van der Waals surface area contributed by atoms with Crippen LogP contribution in [0.1, 0.15) is 12.5 Å². The SMILES string of the molecule is CC(=O)Oc1ccc(/C=C2\SC(=O)N(CC(=O)Nc3ccccc3)C2=O)cc1. The van der Waals surface area contributed by atoms with Gasteiger partial charge in [0.25, 0.3) is 11.1 Å². The normalized spacial score (nSPS) is 15.0. The van der Waals surface area contributed by atoms with E-state index in [-0.39, 0.29) is 11.4 Å². The van der Waals surface area contributed by atoms with Crippen molar-refractivity contribution in [2.75, 3.05) is 11.9 Å². The summed E-state index contributed by atoms with van der Waals surface area (Å²) in [6.07, 6.45) is 1.55. The molecule has 3 rings (SSSR count). The number of rotatable bonds is 5. The molecule has 7 nitrogen and oxygen atoms in total. The number of benzene rings is 2. The molecule has 1 N–H and O–H groups in total. The van der Waals surface area contributed by atoms with Gasteiger partial charge >= 0.3 is 5.97 Å². The summed E-state index contributed by atoms with van der Waals surface area (Å²) >= 11 is 0.773. The van der Waals surface area contributed by atoms with Gasteiger partial charge in [0.2, 0.25) is 5.91 Å². The molecular formula is C20H16N2O5S. The Morgan fingerprint density at radius 1 is 1.07 bits per heavy atom. The molecule has 1 saturated heterocycles. The number of ether oxygens (including phenoxy) is 1. The number of amides is 3. The Morgan fingerprint density at radius 2 is 1.75 bits per heavy atom. The van der Waals surface area contributed by atoms with Crippen molar-refractivity contribution in [3.05, 3.63) is 65.1 Å². The van der Waals surface area contributed by atoms with E-state index in [1.165, 1.54) is 6.92 Å². The molecule has 0 radical (unpaired) electrons. The van der Waals surface area contributed by atoms with E-state index in [9.17, 15) is 19.2 Å². The Hall–Kier alpha value is -3.39. The van der Waals surface area contributed by atoms with Gasteiger partial charge in [-0.05, 0) is 47.7 Å². The number of esters is 1. The number of nitrogens with zero attached hydrogens (tertiary/aromatic N) is 1. The molecule has 0 spiro atoms. The van der Waals surface area contributed by atoms with Crippen molar-refractivity contribution in [1.29, 1.82) is 0 Å². The first-order valence-electron chi connectivity index (χ1n) is 8.31. The number of para-hydroxylation sites is 1. The molecule has 3 amide bonds. The minimum Gasteiger partial charge on any atom is -0.427 e. The third-order valence-corrected chi connectivity index (χ3v) is 4.58. The molecule has 28 heavy (non-hydrogen) atoms. The summed E-state index contributed by atoms with van der Waals surface area (Å²) in [5, 5.41) is 2.14. The summed E-state index contributed by atoms with van der Waals surface area (Å²) in [4.78, 5) is 48.8. The van der Waals surface area contributed by atoms with Crippen LogP contribution < -0.4 is 10.1 Å². The van der Waals surface area contributed by atoms with Crippen LogP contribution in [-0.4, -0.2) is 34.5 Å². The minimum atomic E-state index is -0.526. The van der Waals surface area contributed by atoms with Crippen LogP contribution in [0.2, 0.25) is 0 Å². The van der Waals surface area contributed by atoms with E-state index in [0.717, 1.165) is 16.7 Å². The van der Waals surface area contributed by atoms with Crippen molar-refractivity contribution in [2.45, 2.75) is 6.92 Å². The summed E-state index contributed by atoms with van der Waals surface area (Å²) in [7, 11) is 0. The number of hydrogen-bond acceptors (Lipinski definition) is 6. The maximum atomic E-state index is 12.5. The predicted octanol–water partition coefficient (Wildman–Crippen LogP) is 3.29. The summed E-state index contributed by atoms with van der Waals surface area (Å²) < 4.78 is 4.95. The van der Waals surface area contributed by atoms with E-state index in [1.54, 1.807) is 54.6 Å².